The van der Waals surface area contributed by atoms with E-state index in [9.17, 15) is 37.9 Å². The van der Waals surface area contributed by atoms with E-state index < -0.39 is 78.6 Å². The topological polar surface area (TPSA) is 239 Å². The van der Waals surface area contributed by atoms with Gasteiger partial charge < -0.3 is 44.9 Å². The molecule has 4 N–H and O–H groups in total. The van der Waals surface area contributed by atoms with Gasteiger partial charge >= 0.3 is 11.9 Å². The predicted molar refractivity (Wildman–Crippen MR) is 254 cm³/mol. The Morgan fingerprint density at radius 1 is 1.03 bits per heavy atom. The van der Waals surface area contributed by atoms with Crippen LogP contribution in [0.3, 0.4) is 0 Å². The fourth-order valence-corrected chi connectivity index (χ4v) is 10.0. The molecule has 0 spiro atoms. The van der Waals surface area contributed by atoms with Gasteiger partial charge in [-0.05, 0) is 62.3 Å². The van der Waals surface area contributed by atoms with Crippen LogP contribution in [0.25, 0.3) is 17.0 Å². The van der Waals surface area contributed by atoms with Gasteiger partial charge in [-0.1, -0.05) is 68.1 Å². The molecule has 0 saturated carbocycles. The number of rotatable bonds is 23. The summed E-state index contributed by atoms with van der Waals surface area (Å²) in [4.78, 5) is 64.1. The van der Waals surface area contributed by atoms with E-state index >= 15 is 0 Å². The number of halogens is 2. The van der Waals surface area contributed by atoms with Gasteiger partial charge in [0.05, 0.1) is 60.4 Å². The number of aldehydes is 1. The molecule has 21 heteroatoms. The molecule has 0 radical (unpaired) electrons. The quantitative estimate of drug-likeness (QED) is 0.0315. The number of hydrogen-bond donors (Lipinski definition) is 3. The minimum Gasteiger partial charge on any atom is -0.463 e. The van der Waals surface area contributed by atoms with Gasteiger partial charge in [-0.15, -0.1) is 22.0 Å². The molecule has 6 rings (SSSR count). The van der Waals surface area contributed by atoms with Crippen LogP contribution < -0.4 is 11.2 Å². The van der Waals surface area contributed by atoms with Crippen molar-refractivity contribution in [2.75, 3.05) is 26.3 Å². The molecule has 3 fully saturated rings. The number of ether oxygens (including phenoxy) is 4. The lowest BCUT2D eigenvalue weighted by atomic mass is 9.82. The first kappa shape index (κ1) is 53.5. The normalized spacial score (nSPS) is 24.2. The Morgan fingerprint density at radius 3 is 2.49 bits per heavy atom. The van der Waals surface area contributed by atoms with Gasteiger partial charge in [0, 0.05) is 53.9 Å². The van der Waals surface area contributed by atoms with E-state index in [-0.39, 0.29) is 79.8 Å². The maximum Gasteiger partial charge on any atom is 0.306 e. The highest BCUT2D eigenvalue weighted by Crippen LogP contribution is 2.40. The van der Waals surface area contributed by atoms with Gasteiger partial charge in [0.15, 0.2) is 0 Å². The second kappa shape index (κ2) is 25.3. The lowest BCUT2D eigenvalue weighted by Gasteiger charge is -2.45. The van der Waals surface area contributed by atoms with Crippen LogP contribution in [0.15, 0.2) is 83.4 Å². The fourth-order valence-electron chi connectivity index (χ4n) is 8.59. The average Bonchev–Trinajstić information content (AvgIpc) is 3.94. The summed E-state index contributed by atoms with van der Waals surface area (Å²) in [5.74, 6) is 2.16. The summed E-state index contributed by atoms with van der Waals surface area (Å²) in [6.45, 7) is 10.2. The summed E-state index contributed by atoms with van der Waals surface area (Å²) in [5, 5.41) is 30.4. The first-order valence-electron chi connectivity index (χ1n) is 23.5. The Morgan fingerprint density at radius 2 is 1.76 bits per heavy atom. The van der Waals surface area contributed by atoms with Gasteiger partial charge in [-0.25, -0.2) is 13.5 Å². The first-order chi connectivity index (χ1) is 33.6. The molecular weight excluding hydrogens is 931 g/mol. The van der Waals surface area contributed by atoms with E-state index in [0.29, 0.717) is 48.1 Å². The lowest BCUT2D eigenvalue weighted by molar-refractivity contribution is -0.220. The minimum atomic E-state index is -1.21. The Hall–Kier alpha value is -5.90. The number of aliphatic hydroxyl groups is 1. The van der Waals surface area contributed by atoms with Crippen molar-refractivity contribution in [3.05, 3.63) is 90.3 Å². The van der Waals surface area contributed by atoms with Crippen molar-refractivity contribution < 1.29 is 56.8 Å². The molecule has 378 valence electrons. The van der Waals surface area contributed by atoms with Gasteiger partial charge in [-0.3, -0.25) is 19.2 Å². The number of likely N-dealkylation sites (tertiary alicyclic amines) is 1. The van der Waals surface area contributed by atoms with Crippen LogP contribution in [0, 0.1) is 17.6 Å². The molecular formula is C49H62F2N8O10S. The molecule has 2 amide bonds. The molecule has 70 heavy (non-hydrogen) atoms. The number of allylic oxidation sites excluding steroid dienone is 2. The van der Waals surface area contributed by atoms with Crippen molar-refractivity contribution in [1.82, 2.24) is 25.2 Å². The summed E-state index contributed by atoms with van der Waals surface area (Å²) in [6.07, 6.45) is 1.39. The van der Waals surface area contributed by atoms with Crippen molar-refractivity contribution in [1.29, 1.82) is 0 Å². The number of amides is 2. The summed E-state index contributed by atoms with van der Waals surface area (Å²) >= 11 is 1.62. The van der Waals surface area contributed by atoms with E-state index in [2.05, 4.69) is 53.3 Å². The zero-order valence-electron chi connectivity index (χ0n) is 39.6. The van der Waals surface area contributed by atoms with Crippen LogP contribution >= 0.6 is 11.8 Å². The molecule has 18 nitrogen and oxygen atoms in total. The highest BCUT2D eigenvalue weighted by molar-refractivity contribution is 8.01. The van der Waals surface area contributed by atoms with Gasteiger partial charge in [-0.2, -0.15) is 0 Å². The monoisotopic (exact) mass is 992 g/mol. The molecule has 0 bridgehead atoms. The highest BCUT2D eigenvalue weighted by Gasteiger charge is 2.45. The minimum absolute atomic E-state index is 0.00494. The molecule has 8 atom stereocenters. The number of benzene rings is 2. The summed E-state index contributed by atoms with van der Waals surface area (Å²) in [5.41, 5.74) is 2.28. The van der Waals surface area contributed by atoms with Crippen molar-refractivity contribution in [3.8, 4) is 11.3 Å². The number of aliphatic hydroxyl groups excluding tert-OH is 1. The average molecular weight is 993 g/mol. The van der Waals surface area contributed by atoms with Gasteiger partial charge in [0.25, 0.3) is 0 Å². The first-order valence-corrected chi connectivity index (χ1v) is 24.4. The molecule has 0 aliphatic carbocycles. The van der Waals surface area contributed by atoms with E-state index in [4.69, 9.17) is 24.8 Å². The van der Waals surface area contributed by atoms with E-state index in [1.165, 1.54) is 30.3 Å². The molecule has 3 aromatic rings. The molecule has 3 aliphatic rings. The van der Waals surface area contributed by atoms with Crippen LogP contribution in [0.4, 0.5) is 8.78 Å². The SMILES string of the molecule is C=C1CC(SC(C)(C)CC)C(=O)N1CCNC(=O)CCC(=O)OC[C@H]1OC(C2CC(n3cc(-c4cccc(F)c4)nn3)CC(COC(=O)CCC=O)O2)C[C@@H](C/C=C(\N=NN)c2cccc(F)c2)[C@H]1O. The maximum atomic E-state index is 14.3. The van der Waals surface area contributed by atoms with Crippen molar-refractivity contribution in [2.24, 2.45) is 22.1 Å². The van der Waals surface area contributed by atoms with E-state index in [0.717, 1.165) is 6.42 Å². The Balaban J connectivity index is 1.14. The van der Waals surface area contributed by atoms with Crippen LogP contribution in [-0.4, -0.2) is 122 Å². The number of carbonyl (C=O) groups is 5. The Labute approximate surface area is 409 Å². The molecule has 2 aromatic carbocycles. The second-order valence-electron chi connectivity index (χ2n) is 18.2. The number of esters is 2. The van der Waals surface area contributed by atoms with Crippen LogP contribution in [0.2, 0.25) is 0 Å². The van der Waals surface area contributed by atoms with Gasteiger partial charge in [0.1, 0.15) is 42.9 Å². The Bertz CT molecular complexity index is 2380. The number of nitrogens with zero attached hydrogens (tertiary/aromatic N) is 6. The fraction of sp³-hybridized carbons (Fsp3) is 0.531. The van der Waals surface area contributed by atoms with Crippen molar-refractivity contribution in [3.63, 3.8) is 0 Å². The lowest BCUT2D eigenvalue weighted by Crippen LogP contribution is -2.53. The Kier molecular flexibility index (Phi) is 19.3. The third kappa shape index (κ3) is 15.1. The summed E-state index contributed by atoms with van der Waals surface area (Å²) in [7, 11) is 0. The number of aromatic nitrogens is 3. The smallest absolute Gasteiger partial charge is 0.306 e. The van der Waals surface area contributed by atoms with E-state index in [1.54, 1.807) is 51.8 Å². The standard InChI is InChI=1S/C49H62F2N8O10S/c1-5-49(3,4)70-43-21-30(2)58(48(43)65)19-18-53-44(61)16-17-46(63)67-29-42-47(64)33(14-15-38(54-56-52)31-9-6-11-34(50)22-31)24-40(69-42)41-26-36(25-37(68-41)28-66-45(62)13-8-20-60)59-27-39(55-57-59)32-10-7-12-35(51)23-32/h6-7,9-12,15,20,22-23,27,33,36-37,40-43,47,64H,2,5,8,13-14,16-19,21,24-26,28-29H2,1,3-4H3,(H2,52,54)(H,53,61)/b38-15-/t33-,36?,37?,40?,41?,42-,43?,47-/m1/s1. The third-order valence-electron chi connectivity index (χ3n) is 12.7. The van der Waals surface area contributed by atoms with Gasteiger partial charge in [0.2, 0.25) is 11.8 Å². The predicted octanol–water partition coefficient (Wildman–Crippen LogP) is 6.20. The van der Waals surface area contributed by atoms with Crippen molar-refractivity contribution >= 4 is 47.5 Å². The van der Waals surface area contributed by atoms with Crippen LogP contribution in [0.5, 0.6) is 0 Å². The summed E-state index contributed by atoms with van der Waals surface area (Å²) < 4.78 is 54.2. The molecule has 1 aromatic heterocycles. The number of nitrogens with one attached hydrogen (secondary N) is 1. The van der Waals surface area contributed by atoms with Crippen LogP contribution in [0.1, 0.15) is 96.6 Å². The molecule has 3 saturated heterocycles. The molecule has 4 heterocycles. The third-order valence-corrected chi connectivity index (χ3v) is 14.2. The van der Waals surface area contributed by atoms with E-state index in [1.807, 2.05) is 0 Å². The van der Waals surface area contributed by atoms with Crippen molar-refractivity contribution in [2.45, 2.75) is 132 Å². The zero-order valence-corrected chi connectivity index (χ0v) is 40.4. The molecule has 3 aliphatic heterocycles. The number of carbonyl (C=O) groups excluding carboxylic acids is 5. The molecule has 5 unspecified atom stereocenters. The number of thioether (sulfide) groups is 1. The highest BCUT2D eigenvalue weighted by atomic mass is 32.2. The maximum absolute atomic E-state index is 14.3. The van der Waals surface area contributed by atoms with Crippen LogP contribution in [-0.2, 0) is 42.9 Å². The number of nitrogens with two attached hydrogens (primary N) is 1. The second-order valence-corrected chi connectivity index (χ2v) is 20.1. The summed E-state index contributed by atoms with van der Waals surface area (Å²) in [6, 6.07) is 11.2. The zero-order chi connectivity index (χ0) is 50.4. The number of hydrogen-bond acceptors (Lipinski definition) is 15. The largest absolute Gasteiger partial charge is 0.463 e.